The molecule has 0 aliphatic rings. The number of ether oxygens (including phenoxy) is 1. The van der Waals surface area contributed by atoms with Crippen LogP contribution in [0.3, 0.4) is 0 Å². The van der Waals surface area contributed by atoms with Crippen molar-refractivity contribution in [1.29, 1.82) is 0 Å². The fourth-order valence-electron chi connectivity index (χ4n) is 1.50. The second kappa shape index (κ2) is 6.11. The number of carbonyl (C=O) groups excluding carboxylic acids is 1. The van der Waals surface area contributed by atoms with Crippen molar-refractivity contribution in [1.82, 2.24) is 5.32 Å². The number of allylic oxidation sites excluding steroid dienone is 1. The molecule has 0 spiro atoms. The van der Waals surface area contributed by atoms with E-state index in [9.17, 15) is 4.79 Å². The van der Waals surface area contributed by atoms with Gasteiger partial charge in [0.25, 0.3) is 0 Å². The van der Waals surface area contributed by atoms with E-state index in [2.05, 4.69) is 11.9 Å². The van der Waals surface area contributed by atoms with Crippen molar-refractivity contribution in [3.05, 3.63) is 40.9 Å². The van der Waals surface area contributed by atoms with Crippen molar-refractivity contribution >= 4 is 23.3 Å². The fraction of sp³-hybridized carbons (Fsp3) is 0.400. The minimum absolute atomic E-state index is 0.380. The molecule has 1 aromatic rings. The smallest absolute Gasteiger partial charge is 0.407 e. The first-order chi connectivity index (χ1) is 8.69. The van der Waals surface area contributed by atoms with Crippen LogP contribution in [0.25, 0.3) is 5.57 Å². The van der Waals surface area contributed by atoms with E-state index >= 15 is 0 Å². The van der Waals surface area contributed by atoms with Gasteiger partial charge in [0.05, 0.1) is 0 Å². The Kier molecular flexibility index (Phi) is 5.01. The number of benzene rings is 1. The summed E-state index contributed by atoms with van der Waals surface area (Å²) in [6.07, 6.45) is -0.437. The maximum absolute atomic E-state index is 11.5. The number of hydrogen-bond donors (Lipinski definition) is 1. The number of carbonyl (C=O) groups is 1. The summed E-state index contributed by atoms with van der Waals surface area (Å²) in [5, 5.41) is 3.32. The van der Waals surface area contributed by atoms with E-state index in [1.807, 2.05) is 45.9 Å². The zero-order chi connectivity index (χ0) is 14.6. The lowest BCUT2D eigenvalue weighted by molar-refractivity contribution is 0.0523. The molecule has 4 heteroatoms. The van der Waals surface area contributed by atoms with Gasteiger partial charge in [-0.05, 0) is 50.5 Å². The standard InChI is InChI=1S/C15H20ClNO2/c1-10(2)12-7-6-11(8-13(12)16)9-17-14(18)19-15(3,4)5/h6-8H,1,9H2,2-5H3,(H,17,18). The molecule has 0 fully saturated rings. The third-order valence-corrected chi connectivity index (χ3v) is 2.64. The zero-order valence-corrected chi connectivity index (χ0v) is 12.6. The van der Waals surface area contributed by atoms with Gasteiger partial charge < -0.3 is 10.1 Å². The zero-order valence-electron chi connectivity index (χ0n) is 11.8. The first-order valence-electron chi connectivity index (χ1n) is 6.10. The lowest BCUT2D eigenvalue weighted by Gasteiger charge is -2.19. The fourth-order valence-corrected chi connectivity index (χ4v) is 1.87. The maximum Gasteiger partial charge on any atom is 0.407 e. The van der Waals surface area contributed by atoms with E-state index in [0.29, 0.717) is 11.6 Å². The summed E-state index contributed by atoms with van der Waals surface area (Å²) in [7, 11) is 0. The summed E-state index contributed by atoms with van der Waals surface area (Å²) in [6, 6.07) is 5.63. The second-order valence-electron chi connectivity index (χ2n) is 5.45. The number of halogens is 1. The van der Waals surface area contributed by atoms with Gasteiger partial charge in [0.15, 0.2) is 0 Å². The minimum atomic E-state index is -0.495. The number of hydrogen-bond acceptors (Lipinski definition) is 2. The van der Waals surface area contributed by atoms with Crippen molar-refractivity contribution in [2.24, 2.45) is 0 Å². The lowest BCUT2D eigenvalue weighted by atomic mass is 10.1. The topological polar surface area (TPSA) is 38.3 Å². The third-order valence-electron chi connectivity index (χ3n) is 2.33. The summed E-state index contributed by atoms with van der Waals surface area (Å²) in [4.78, 5) is 11.5. The van der Waals surface area contributed by atoms with Crippen LogP contribution in [0.5, 0.6) is 0 Å². The Labute approximate surface area is 119 Å². The summed E-state index contributed by atoms with van der Waals surface area (Å²) in [5.74, 6) is 0. The molecule has 3 nitrogen and oxygen atoms in total. The first-order valence-corrected chi connectivity index (χ1v) is 6.48. The molecule has 0 aromatic heterocycles. The van der Waals surface area contributed by atoms with Gasteiger partial charge in [0, 0.05) is 11.6 Å². The lowest BCUT2D eigenvalue weighted by Crippen LogP contribution is -2.32. The van der Waals surface area contributed by atoms with Crippen LogP contribution in [-0.4, -0.2) is 11.7 Å². The van der Waals surface area contributed by atoms with Crippen molar-refractivity contribution < 1.29 is 9.53 Å². The highest BCUT2D eigenvalue weighted by Crippen LogP contribution is 2.23. The molecule has 1 N–H and O–H groups in total. The Hall–Kier alpha value is -1.48. The molecule has 1 aromatic carbocycles. The van der Waals surface area contributed by atoms with E-state index in [0.717, 1.165) is 16.7 Å². The molecule has 0 heterocycles. The second-order valence-corrected chi connectivity index (χ2v) is 5.86. The van der Waals surface area contributed by atoms with Crippen molar-refractivity contribution in [3.8, 4) is 0 Å². The molecule has 0 atom stereocenters. The molecule has 0 aliphatic heterocycles. The van der Waals surface area contributed by atoms with Gasteiger partial charge in [-0.15, -0.1) is 0 Å². The third kappa shape index (κ3) is 5.35. The Bertz CT molecular complexity index is 489. The van der Waals surface area contributed by atoms with Crippen LogP contribution >= 0.6 is 11.6 Å². The number of amides is 1. The molecular weight excluding hydrogens is 262 g/mol. The predicted octanol–water partition coefficient (Wildman–Crippen LogP) is 4.40. The number of alkyl carbamates (subject to hydrolysis) is 1. The molecule has 1 amide bonds. The highest BCUT2D eigenvalue weighted by Gasteiger charge is 2.15. The molecule has 0 saturated carbocycles. The van der Waals surface area contributed by atoms with Gasteiger partial charge in [-0.3, -0.25) is 0 Å². The summed E-state index contributed by atoms with van der Waals surface area (Å²) in [5.41, 5.74) is 2.26. The van der Waals surface area contributed by atoms with Gasteiger partial charge in [0.1, 0.15) is 5.60 Å². The van der Waals surface area contributed by atoms with Crippen LogP contribution < -0.4 is 5.32 Å². The summed E-state index contributed by atoms with van der Waals surface area (Å²) >= 11 is 6.14. The molecule has 104 valence electrons. The molecule has 19 heavy (non-hydrogen) atoms. The van der Waals surface area contributed by atoms with Gasteiger partial charge in [0.2, 0.25) is 0 Å². The monoisotopic (exact) mass is 281 g/mol. The molecule has 0 saturated heterocycles. The van der Waals surface area contributed by atoms with Crippen LogP contribution in [-0.2, 0) is 11.3 Å². The molecular formula is C15H20ClNO2. The first kappa shape index (κ1) is 15.6. The van der Waals surface area contributed by atoms with E-state index in [4.69, 9.17) is 16.3 Å². The van der Waals surface area contributed by atoms with Gasteiger partial charge >= 0.3 is 6.09 Å². The average Bonchev–Trinajstić information content (AvgIpc) is 2.23. The quantitative estimate of drug-likeness (QED) is 0.892. The number of rotatable bonds is 3. The Balaban J connectivity index is 2.62. The van der Waals surface area contributed by atoms with Gasteiger partial charge in [-0.1, -0.05) is 30.3 Å². The predicted molar refractivity (Wildman–Crippen MR) is 79.2 cm³/mol. The molecule has 1 rings (SSSR count). The van der Waals surface area contributed by atoms with E-state index < -0.39 is 11.7 Å². The normalized spacial score (nSPS) is 11.0. The average molecular weight is 282 g/mol. The van der Waals surface area contributed by atoms with E-state index in [1.54, 1.807) is 0 Å². The van der Waals surface area contributed by atoms with Gasteiger partial charge in [-0.25, -0.2) is 4.79 Å². The van der Waals surface area contributed by atoms with Crippen LogP contribution in [0.15, 0.2) is 24.8 Å². The van der Waals surface area contributed by atoms with Crippen molar-refractivity contribution in [3.63, 3.8) is 0 Å². The highest BCUT2D eigenvalue weighted by atomic mass is 35.5. The molecule has 0 radical (unpaired) electrons. The van der Waals surface area contributed by atoms with E-state index in [1.165, 1.54) is 0 Å². The summed E-state index contributed by atoms with van der Waals surface area (Å²) < 4.78 is 5.15. The van der Waals surface area contributed by atoms with E-state index in [-0.39, 0.29) is 0 Å². The Morgan fingerprint density at radius 2 is 2.05 bits per heavy atom. The minimum Gasteiger partial charge on any atom is -0.444 e. The highest BCUT2D eigenvalue weighted by molar-refractivity contribution is 6.32. The largest absolute Gasteiger partial charge is 0.444 e. The van der Waals surface area contributed by atoms with Crippen LogP contribution in [0.2, 0.25) is 5.02 Å². The Morgan fingerprint density at radius 1 is 1.42 bits per heavy atom. The van der Waals surface area contributed by atoms with Gasteiger partial charge in [-0.2, -0.15) is 0 Å². The Morgan fingerprint density at radius 3 is 2.53 bits per heavy atom. The van der Waals surface area contributed by atoms with Crippen LogP contribution in [0, 0.1) is 0 Å². The van der Waals surface area contributed by atoms with Crippen molar-refractivity contribution in [2.75, 3.05) is 0 Å². The maximum atomic E-state index is 11.5. The molecule has 0 aliphatic carbocycles. The molecule has 0 bridgehead atoms. The number of nitrogens with one attached hydrogen (secondary N) is 1. The van der Waals surface area contributed by atoms with Crippen LogP contribution in [0.4, 0.5) is 4.79 Å². The van der Waals surface area contributed by atoms with Crippen LogP contribution in [0.1, 0.15) is 38.8 Å². The summed E-state index contributed by atoms with van der Waals surface area (Å²) in [6.45, 7) is 11.6. The SMILES string of the molecule is C=C(C)c1ccc(CNC(=O)OC(C)(C)C)cc1Cl. The molecule has 0 unspecified atom stereocenters. The van der Waals surface area contributed by atoms with Crippen molar-refractivity contribution in [2.45, 2.75) is 39.8 Å².